The fourth-order valence-corrected chi connectivity index (χ4v) is 2.26. The molecule has 1 heterocycles. The Balaban J connectivity index is 2.15. The van der Waals surface area contributed by atoms with E-state index < -0.39 is 0 Å². The average Bonchev–Trinajstić information content (AvgIpc) is 2.87. The van der Waals surface area contributed by atoms with E-state index >= 15 is 0 Å². The number of methoxy groups -OCH3 is 1. The summed E-state index contributed by atoms with van der Waals surface area (Å²) in [6, 6.07) is 8.27. The van der Waals surface area contributed by atoms with Crippen LogP contribution in [0.2, 0.25) is 0 Å². The van der Waals surface area contributed by atoms with Gasteiger partial charge in [0.2, 0.25) is 5.91 Å². The number of aromatic nitrogens is 1. The van der Waals surface area contributed by atoms with Crippen molar-refractivity contribution in [2.24, 2.45) is 0 Å². The van der Waals surface area contributed by atoms with E-state index in [0.717, 1.165) is 18.6 Å². The van der Waals surface area contributed by atoms with Crippen LogP contribution in [-0.2, 0) is 22.6 Å². The lowest BCUT2D eigenvalue weighted by Crippen LogP contribution is -2.25. The minimum atomic E-state index is 0.0936. The molecule has 1 amide bonds. The van der Waals surface area contributed by atoms with Gasteiger partial charge in [0.1, 0.15) is 6.54 Å². The number of hydrogen-bond acceptors (Lipinski definition) is 3. The Hall–Kier alpha value is -1.85. The predicted octanol–water partition coefficient (Wildman–Crippen LogP) is 1.47. The predicted molar refractivity (Wildman–Crippen MR) is 84.2 cm³/mol. The molecule has 0 aliphatic heterocycles. The molecule has 2 aromatic rings. The summed E-state index contributed by atoms with van der Waals surface area (Å²) in [7, 11) is 5.25. The van der Waals surface area contributed by atoms with Crippen molar-refractivity contribution in [1.29, 1.82) is 0 Å². The van der Waals surface area contributed by atoms with Crippen LogP contribution in [-0.4, -0.2) is 49.7 Å². The van der Waals surface area contributed by atoms with Crippen LogP contribution in [0.25, 0.3) is 10.9 Å². The molecule has 0 unspecified atom stereocenters. The molecule has 0 aliphatic rings. The van der Waals surface area contributed by atoms with Crippen LogP contribution in [0.3, 0.4) is 0 Å². The van der Waals surface area contributed by atoms with Gasteiger partial charge in [0.25, 0.3) is 0 Å². The summed E-state index contributed by atoms with van der Waals surface area (Å²) in [6.07, 6.45) is 1.98. The van der Waals surface area contributed by atoms with Gasteiger partial charge in [0, 0.05) is 51.4 Å². The van der Waals surface area contributed by atoms with E-state index in [9.17, 15) is 4.79 Å². The van der Waals surface area contributed by atoms with Crippen molar-refractivity contribution in [3.8, 4) is 0 Å². The summed E-state index contributed by atoms with van der Waals surface area (Å²) in [5.74, 6) is 0.0936. The Labute approximate surface area is 125 Å². The van der Waals surface area contributed by atoms with Crippen molar-refractivity contribution in [1.82, 2.24) is 14.8 Å². The standard InChI is InChI=1S/C16H23N3O2/c1-18(2)16(20)12-19-9-7-14-13(5-4-6-15(14)19)11-17-8-10-21-3/h4-7,9,17H,8,10-12H2,1-3H3. The van der Waals surface area contributed by atoms with Crippen LogP contribution < -0.4 is 5.32 Å². The zero-order valence-corrected chi connectivity index (χ0v) is 12.9. The van der Waals surface area contributed by atoms with Crippen molar-refractivity contribution < 1.29 is 9.53 Å². The third-order valence-electron chi connectivity index (χ3n) is 3.51. The van der Waals surface area contributed by atoms with Crippen LogP contribution in [0, 0.1) is 0 Å². The maximum atomic E-state index is 11.9. The van der Waals surface area contributed by atoms with Gasteiger partial charge in [0.15, 0.2) is 0 Å². The molecule has 2 rings (SSSR count). The number of nitrogens with one attached hydrogen (secondary N) is 1. The topological polar surface area (TPSA) is 46.5 Å². The highest BCUT2D eigenvalue weighted by Gasteiger charge is 2.09. The van der Waals surface area contributed by atoms with Gasteiger partial charge in [-0.1, -0.05) is 12.1 Å². The number of ether oxygens (including phenoxy) is 1. The lowest BCUT2D eigenvalue weighted by atomic mass is 10.1. The number of fused-ring (bicyclic) bond motifs is 1. The van der Waals surface area contributed by atoms with E-state index in [0.29, 0.717) is 13.2 Å². The molecule has 0 spiro atoms. The second-order valence-corrected chi connectivity index (χ2v) is 5.25. The van der Waals surface area contributed by atoms with Crippen molar-refractivity contribution >= 4 is 16.8 Å². The average molecular weight is 289 g/mol. The van der Waals surface area contributed by atoms with Gasteiger partial charge < -0.3 is 19.5 Å². The van der Waals surface area contributed by atoms with Gasteiger partial charge in [-0.3, -0.25) is 4.79 Å². The number of hydrogen-bond donors (Lipinski definition) is 1. The van der Waals surface area contributed by atoms with Gasteiger partial charge in [0.05, 0.1) is 6.61 Å². The lowest BCUT2D eigenvalue weighted by Gasteiger charge is -2.12. The Morgan fingerprint density at radius 1 is 1.33 bits per heavy atom. The first-order valence-electron chi connectivity index (χ1n) is 7.10. The van der Waals surface area contributed by atoms with Gasteiger partial charge in [-0.05, 0) is 17.7 Å². The third kappa shape index (κ3) is 3.83. The highest BCUT2D eigenvalue weighted by Crippen LogP contribution is 2.20. The van der Waals surface area contributed by atoms with Crippen molar-refractivity contribution in [3.05, 3.63) is 36.0 Å². The second-order valence-electron chi connectivity index (χ2n) is 5.25. The third-order valence-corrected chi connectivity index (χ3v) is 3.51. The summed E-state index contributed by atoms with van der Waals surface area (Å²) >= 11 is 0. The minimum absolute atomic E-state index is 0.0936. The van der Waals surface area contributed by atoms with E-state index in [1.807, 2.05) is 16.8 Å². The Morgan fingerprint density at radius 3 is 2.86 bits per heavy atom. The van der Waals surface area contributed by atoms with Crippen molar-refractivity contribution in [2.75, 3.05) is 34.4 Å². The SMILES string of the molecule is COCCNCc1cccc2c1ccn2CC(=O)N(C)C. The summed E-state index contributed by atoms with van der Waals surface area (Å²) in [6.45, 7) is 2.70. The largest absolute Gasteiger partial charge is 0.383 e. The molecule has 0 saturated heterocycles. The van der Waals surface area contributed by atoms with E-state index in [1.54, 1.807) is 26.1 Å². The normalized spacial score (nSPS) is 11.0. The molecule has 0 saturated carbocycles. The minimum Gasteiger partial charge on any atom is -0.383 e. The molecule has 0 fully saturated rings. The molecular weight excluding hydrogens is 266 g/mol. The van der Waals surface area contributed by atoms with Gasteiger partial charge in [-0.25, -0.2) is 0 Å². The van der Waals surface area contributed by atoms with E-state index in [1.165, 1.54) is 10.9 Å². The van der Waals surface area contributed by atoms with E-state index in [-0.39, 0.29) is 5.91 Å². The number of rotatable bonds is 7. The molecule has 1 aromatic heterocycles. The summed E-state index contributed by atoms with van der Waals surface area (Å²) in [5, 5.41) is 4.54. The molecule has 0 bridgehead atoms. The summed E-state index contributed by atoms with van der Waals surface area (Å²) < 4.78 is 7.03. The molecule has 21 heavy (non-hydrogen) atoms. The Kier molecular flexibility index (Phi) is 5.36. The maximum absolute atomic E-state index is 11.9. The quantitative estimate of drug-likeness (QED) is 0.785. The molecule has 1 N–H and O–H groups in total. The fourth-order valence-electron chi connectivity index (χ4n) is 2.26. The number of carbonyl (C=O) groups excluding carboxylic acids is 1. The van der Waals surface area contributed by atoms with Crippen molar-refractivity contribution in [3.63, 3.8) is 0 Å². The van der Waals surface area contributed by atoms with Gasteiger partial charge >= 0.3 is 0 Å². The zero-order valence-electron chi connectivity index (χ0n) is 12.9. The van der Waals surface area contributed by atoms with E-state index in [2.05, 4.69) is 23.5 Å². The molecule has 0 atom stereocenters. The fraction of sp³-hybridized carbons (Fsp3) is 0.438. The number of carbonyl (C=O) groups is 1. The zero-order chi connectivity index (χ0) is 15.2. The molecule has 114 valence electrons. The van der Waals surface area contributed by atoms with Gasteiger partial charge in [-0.15, -0.1) is 0 Å². The Morgan fingerprint density at radius 2 is 2.14 bits per heavy atom. The first-order valence-corrected chi connectivity index (χ1v) is 7.10. The lowest BCUT2D eigenvalue weighted by molar-refractivity contribution is -0.129. The highest BCUT2D eigenvalue weighted by atomic mass is 16.5. The Bertz CT molecular complexity index is 605. The molecule has 0 radical (unpaired) electrons. The van der Waals surface area contributed by atoms with Crippen LogP contribution >= 0.6 is 0 Å². The van der Waals surface area contributed by atoms with Crippen LogP contribution in [0.15, 0.2) is 30.5 Å². The first-order chi connectivity index (χ1) is 10.1. The van der Waals surface area contributed by atoms with Crippen molar-refractivity contribution in [2.45, 2.75) is 13.1 Å². The molecule has 0 aliphatic carbocycles. The summed E-state index contributed by atoms with van der Waals surface area (Å²) in [5.41, 5.74) is 2.33. The molecule has 5 heteroatoms. The maximum Gasteiger partial charge on any atom is 0.241 e. The molecular formula is C16H23N3O2. The van der Waals surface area contributed by atoms with Crippen LogP contribution in [0.1, 0.15) is 5.56 Å². The number of likely N-dealkylation sites (N-methyl/N-ethyl adjacent to an activating group) is 1. The molecule has 5 nitrogen and oxygen atoms in total. The number of benzene rings is 1. The first kappa shape index (κ1) is 15.5. The number of amides is 1. The van der Waals surface area contributed by atoms with Crippen LogP contribution in [0.4, 0.5) is 0 Å². The smallest absolute Gasteiger partial charge is 0.241 e. The summed E-state index contributed by atoms with van der Waals surface area (Å²) in [4.78, 5) is 13.5. The number of nitrogens with zero attached hydrogens (tertiary/aromatic N) is 2. The van der Waals surface area contributed by atoms with Crippen LogP contribution in [0.5, 0.6) is 0 Å². The second kappa shape index (κ2) is 7.24. The van der Waals surface area contributed by atoms with Gasteiger partial charge in [-0.2, -0.15) is 0 Å². The van der Waals surface area contributed by atoms with E-state index in [4.69, 9.17) is 4.74 Å². The molecule has 1 aromatic carbocycles. The highest BCUT2D eigenvalue weighted by molar-refractivity contribution is 5.85. The monoisotopic (exact) mass is 289 g/mol.